The predicted octanol–water partition coefficient (Wildman–Crippen LogP) is 2.93. The molecule has 0 unspecified atom stereocenters. The summed E-state index contributed by atoms with van der Waals surface area (Å²) >= 11 is 1.65. The van der Waals surface area contributed by atoms with Crippen LogP contribution in [0.5, 0.6) is 0 Å². The van der Waals surface area contributed by atoms with Gasteiger partial charge in [0.2, 0.25) is 0 Å². The van der Waals surface area contributed by atoms with Crippen molar-refractivity contribution in [2.75, 3.05) is 0 Å². The standard InChI is InChI=1S/C14H10N4S/c15-8-11-4-1-2-5-12(11)10-18-13(9-16-17-18)14-6-3-7-19-14/h1-7,9H,10H2. The quantitative estimate of drug-likeness (QED) is 0.732. The van der Waals surface area contributed by atoms with E-state index < -0.39 is 0 Å². The minimum atomic E-state index is 0.553. The minimum absolute atomic E-state index is 0.553. The molecule has 3 rings (SSSR count). The summed E-state index contributed by atoms with van der Waals surface area (Å²) in [6.07, 6.45) is 1.75. The zero-order valence-corrected chi connectivity index (χ0v) is 10.8. The first kappa shape index (κ1) is 11.6. The van der Waals surface area contributed by atoms with Gasteiger partial charge in [0.15, 0.2) is 0 Å². The third-order valence-electron chi connectivity index (χ3n) is 2.85. The van der Waals surface area contributed by atoms with Crippen LogP contribution in [0.25, 0.3) is 10.6 Å². The van der Waals surface area contributed by atoms with Crippen molar-refractivity contribution >= 4 is 11.3 Å². The molecule has 0 aliphatic heterocycles. The predicted molar refractivity (Wildman–Crippen MR) is 73.6 cm³/mol. The Morgan fingerprint density at radius 3 is 2.89 bits per heavy atom. The molecule has 0 fully saturated rings. The molecule has 0 aliphatic rings. The third-order valence-corrected chi connectivity index (χ3v) is 3.74. The summed E-state index contributed by atoms with van der Waals surface area (Å²) in [5, 5.41) is 19.2. The molecule has 4 nitrogen and oxygen atoms in total. The number of nitriles is 1. The number of rotatable bonds is 3. The van der Waals surface area contributed by atoms with E-state index in [0.29, 0.717) is 12.1 Å². The van der Waals surface area contributed by atoms with Gasteiger partial charge in [0, 0.05) is 0 Å². The Labute approximate surface area is 114 Å². The highest BCUT2D eigenvalue weighted by Gasteiger charge is 2.09. The van der Waals surface area contributed by atoms with Gasteiger partial charge >= 0.3 is 0 Å². The molecule has 0 saturated carbocycles. The molecule has 0 radical (unpaired) electrons. The van der Waals surface area contributed by atoms with Crippen molar-refractivity contribution in [1.29, 1.82) is 5.26 Å². The van der Waals surface area contributed by atoms with Crippen molar-refractivity contribution in [1.82, 2.24) is 15.0 Å². The summed E-state index contributed by atoms with van der Waals surface area (Å²) < 4.78 is 1.82. The van der Waals surface area contributed by atoms with Crippen LogP contribution in [0.3, 0.4) is 0 Å². The van der Waals surface area contributed by atoms with Gasteiger partial charge < -0.3 is 0 Å². The van der Waals surface area contributed by atoms with Crippen LogP contribution in [0, 0.1) is 11.3 Å². The van der Waals surface area contributed by atoms with Crippen LogP contribution in [-0.4, -0.2) is 15.0 Å². The Bertz CT molecular complexity index is 722. The molecule has 0 spiro atoms. The van der Waals surface area contributed by atoms with Gasteiger partial charge in [-0.25, -0.2) is 4.68 Å². The Balaban J connectivity index is 1.97. The molecule has 1 aromatic carbocycles. The van der Waals surface area contributed by atoms with Gasteiger partial charge in [0.1, 0.15) is 0 Å². The second kappa shape index (κ2) is 5.04. The Morgan fingerprint density at radius 2 is 2.11 bits per heavy atom. The fraction of sp³-hybridized carbons (Fsp3) is 0.0714. The first-order valence-electron chi connectivity index (χ1n) is 5.79. The number of nitrogens with zero attached hydrogens (tertiary/aromatic N) is 4. The van der Waals surface area contributed by atoms with Gasteiger partial charge in [-0.1, -0.05) is 29.5 Å². The SMILES string of the molecule is N#Cc1ccccc1Cn1nncc1-c1cccs1. The van der Waals surface area contributed by atoms with Crippen LogP contribution in [0.4, 0.5) is 0 Å². The lowest BCUT2D eigenvalue weighted by Crippen LogP contribution is -2.05. The molecule has 2 aromatic heterocycles. The van der Waals surface area contributed by atoms with Crippen LogP contribution >= 0.6 is 11.3 Å². The van der Waals surface area contributed by atoms with Crippen LogP contribution in [0.2, 0.25) is 0 Å². The van der Waals surface area contributed by atoms with Gasteiger partial charge in [-0.2, -0.15) is 5.26 Å². The molecule has 92 valence electrons. The summed E-state index contributed by atoms with van der Waals surface area (Å²) in [6.45, 7) is 0.553. The van der Waals surface area contributed by atoms with E-state index in [1.165, 1.54) is 0 Å². The monoisotopic (exact) mass is 266 g/mol. The normalized spacial score (nSPS) is 10.3. The van der Waals surface area contributed by atoms with Gasteiger partial charge in [0.05, 0.1) is 34.9 Å². The molecule has 0 aliphatic carbocycles. The second-order valence-corrected chi connectivity index (χ2v) is 4.97. The average Bonchev–Trinajstić information content (AvgIpc) is 3.09. The number of hydrogen-bond acceptors (Lipinski definition) is 4. The maximum atomic E-state index is 9.11. The molecular weight excluding hydrogens is 256 g/mol. The van der Waals surface area contributed by atoms with Crippen molar-refractivity contribution < 1.29 is 0 Å². The summed E-state index contributed by atoms with van der Waals surface area (Å²) in [6, 6.07) is 13.8. The van der Waals surface area contributed by atoms with E-state index in [4.69, 9.17) is 5.26 Å². The fourth-order valence-corrected chi connectivity index (χ4v) is 2.66. The molecule has 0 atom stereocenters. The maximum Gasteiger partial charge on any atom is 0.0995 e. The van der Waals surface area contributed by atoms with Crippen molar-refractivity contribution in [3.05, 3.63) is 59.1 Å². The van der Waals surface area contributed by atoms with E-state index in [2.05, 4.69) is 16.4 Å². The molecule has 2 heterocycles. The molecule has 3 aromatic rings. The maximum absolute atomic E-state index is 9.11. The van der Waals surface area contributed by atoms with Crippen LogP contribution in [-0.2, 0) is 6.54 Å². The van der Waals surface area contributed by atoms with E-state index in [-0.39, 0.29) is 0 Å². The summed E-state index contributed by atoms with van der Waals surface area (Å²) in [5.41, 5.74) is 2.60. The van der Waals surface area contributed by atoms with Crippen LogP contribution in [0.15, 0.2) is 48.0 Å². The first-order valence-corrected chi connectivity index (χ1v) is 6.67. The fourth-order valence-electron chi connectivity index (χ4n) is 1.92. The lowest BCUT2D eigenvalue weighted by Gasteiger charge is -2.06. The molecule has 19 heavy (non-hydrogen) atoms. The number of benzene rings is 1. The molecule has 5 heteroatoms. The highest BCUT2D eigenvalue weighted by atomic mass is 32.1. The van der Waals surface area contributed by atoms with E-state index in [0.717, 1.165) is 16.1 Å². The summed E-state index contributed by atoms with van der Waals surface area (Å²) in [4.78, 5) is 1.12. The van der Waals surface area contributed by atoms with E-state index in [9.17, 15) is 0 Å². The summed E-state index contributed by atoms with van der Waals surface area (Å²) in [7, 11) is 0. The average molecular weight is 266 g/mol. The van der Waals surface area contributed by atoms with E-state index >= 15 is 0 Å². The highest BCUT2D eigenvalue weighted by Crippen LogP contribution is 2.24. The van der Waals surface area contributed by atoms with E-state index in [1.54, 1.807) is 17.5 Å². The van der Waals surface area contributed by atoms with Gasteiger partial charge in [-0.05, 0) is 23.1 Å². The number of aromatic nitrogens is 3. The zero-order valence-electron chi connectivity index (χ0n) is 10.0. The van der Waals surface area contributed by atoms with Crippen molar-refractivity contribution in [2.24, 2.45) is 0 Å². The molecule has 0 N–H and O–H groups in total. The van der Waals surface area contributed by atoms with Gasteiger partial charge in [-0.3, -0.25) is 0 Å². The van der Waals surface area contributed by atoms with Crippen LogP contribution < -0.4 is 0 Å². The Morgan fingerprint density at radius 1 is 1.21 bits per heavy atom. The third kappa shape index (κ3) is 2.26. The number of thiophene rings is 1. The lowest BCUT2D eigenvalue weighted by molar-refractivity contribution is 0.655. The number of hydrogen-bond donors (Lipinski definition) is 0. The Hall–Kier alpha value is -2.45. The summed E-state index contributed by atoms with van der Waals surface area (Å²) in [5.74, 6) is 0. The second-order valence-electron chi connectivity index (χ2n) is 4.02. The molecule has 0 amide bonds. The molecule has 0 bridgehead atoms. The van der Waals surface area contributed by atoms with Gasteiger partial charge in [-0.15, -0.1) is 16.4 Å². The lowest BCUT2D eigenvalue weighted by atomic mass is 10.1. The topological polar surface area (TPSA) is 54.5 Å². The first-order chi connectivity index (χ1) is 9.38. The highest BCUT2D eigenvalue weighted by molar-refractivity contribution is 7.13. The zero-order chi connectivity index (χ0) is 13.1. The van der Waals surface area contributed by atoms with Crippen LogP contribution in [0.1, 0.15) is 11.1 Å². The van der Waals surface area contributed by atoms with Crippen molar-refractivity contribution in [2.45, 2.75) is 6.54 Å². The molecular formula is C14H10N4S. The van der Waals surface area contributed by atoms with Crippen molar-refractivity contribution in [3.63, 3.8) is 0 Å². The largest absolute Gasteiger partial charge is 0.239 e. The smallest absolute Gasteiger partial charge is 0.0995 e. The van der Waals surface area contributed by atoms with Crippen molar-refractivity contribution in [3.8, 4) is 16.6 Å². The van der Waals surface area contributed by atoms with Gasteiger partial charge in [0.25, 0.3) is 0 Å². The van der Waals surface area contributed by atoms with E-state index in [1.807, 2.05) is 46.5 Å². The minimum Gasteiger partial charge on any atom is -0.239 e. The molecule has 0 saturated heterocycles. The Kier molecular flexibility index (Phi) is 3.09.